The number of methoxy groups -OCH3 is 1. The maximum Gasteiger partial charge on any atom is 0.311 e. The Morgan fingerprint density at radius 2 is 1.71 bits per heavy atom. The van der Waals surface area contributed by atoms with E-state index in [1.54, 1.807) is 0 Å². The molecule has 1 N–H and O–H groups in total. The average Bonchev–Trinajstić information content (AvgIpc) is 2.89. The number of esters is 1. The molecular formula is C29H31BrN2O3. The number of amides is 1. The van der Waals surface area contributed by atoms with Crippen molar-refractivity contribution < 1.29 is 14.3 Å². The molecule has 0 unspecified atom stereocenters. The number of pyridine rings is 1. The third-order valence-corrected chi connectivity index (χ3v) is 8.56. The first-order chi connectivity index (χ1) is 16.9. The Morgan fingerprint density at radius 1 is 1.03 bits per heavy atom. The molecule has 3 saturated carbocycles. The summed E-state index contributed by atoms with van der Waals surface area (Å²) >= 11 is 3.59. The third-order valence-electron chi connectivity index (χ3n) is 8.07. The van der Waals surface area contributed by atoms with Crippen molar-refractivity contribution in [1.29, 1.82) is 0 Å². The number of nitrogens with one attached hydrogen (secondary N) is 1. The summed E-state index contributed by atoms with van der Waals surface area (Å²) in [7, 11) is 1.47. The Balaban J connectivity index is 1.58. The fourth-order valence-corrected chi connectivity index (χ4v) is 6.42. The van der Waals surface area contributed by atoms with Gasteiger partial charge in [0.05, 0.1) is 29.3 Å². The number of benzene rings is 2. The molecule has 2 aromatic carbocycles. The number of fused-ring (bicyclic) bond motifs is 4. The molecule has 1 aromatic heterocycles. The van der Waals surface area contributed by atoms with Crippen LogP contribution in [-0.2, 0) is 16.0 Å². The summed E-state index contributed by atoms with van der Waals surface area (Å²) < 4.78 is 6.03. The van der Waals surface area contributed by atoms with Gasteiger partial charge in [0.15, 0.2) is 0 Å². The minimum atomic E-state index is -0.372. The van der Waals surface area contributed by atoms with E-state index in [-0.39, 0.29) is 22.8 Å². The van der Waals surface area contributed by atoms with Crippen LogP contribution in [0.15, 0.2) is 53.0 Å². The van der Waals surface area contributed by atoms with Gasteiger partial charge in [0, 0.05) is 21.0 Å². The SMILES string of the molecule is CCCc1c(-c2ccccc2)nc2ccc(Br)cc2c1C(=O)NC12CCC(C(=O)OC)(CC1)CC2. The van der Waals surface area contributed by atoms with Crippen LogP contribution < -0.4 is 5.32 Å². The molecule has 3 aliphatic rings. The van der Waals surface area contributed by atoms with Gasteiger partial charge in [-0.2, -0.15) is 0 Å². The first-order valence-corrected chi connectivity index (χ1v) is 13.3. The maximum absolute atomic E-state index is 14.1. The number of halogens is 1. The summed E-state index contributed by atoms with van der Waals surface area (Å²) in [6.45, 7) is 2.13. The highest BCUT2D eigenvalue weighted by molar-refractivity contribution is 9.10. The largest absolute Gasteiger partial charge is 0.469 e. The Bertz CT molecular complexity index is 1260. The fourth-order valence-electron chi connectivity index (χ4n) is 6.06. The van der Waals surface area contributed by atoms with Crippen LogP contribution in [0.3, 0.4) is 0 Å². The van der Waals surface area contributed by atoms with Crippen LogP contribution in [-0.4, -0.2) is 29.5 Å². The average molecular weight is 535 g/mol. The predicted octanol–water partition coefficient (Wildman–Crippen LogP) is 6.61. The van der Waals surface area contributed by atoms with Gasteiger partial charge in [-0.3, -0.25) is 9.59 Å². The summed E-state index contributed by atoms with van der Waals surface area (Å²) in [5, 5.41) is 4.33. The molecule has 0 spiro atoms. The normalized spacial score (nSPS) is 23.3. The molecule has 182 valence electrons. The highest BCUT2D eigenvalue weighted by atomic mass is 79.9. The second-order valence-corrected chi connectivity index (χ2v) is 11.0. The second kappa shape index (κ2) is 9.38. The number of hydrogen-bond donors (Lipinski definition) is 1. The number of nitrogens with zero attached hydrogens (tertiary/aromatic N) is 1. The lowest BCUT2D eigenvalue weighted by molar-refractivity contribution is -0.160. The van der Waals surface area contributed by atoms with E-state index in [1.807, 2.05) is 36.4 Å². The molecule has 5 nitrogen and oxygen atoms in total. The van der Waals surface area contributed by atoms with E-state index >= 15 is 0 Å². The number of aromatic nitrogens is 1. The zero-order valence-corrected chi connectivity index (χ0v) is 21.9. The molecule has 1 amide bonds. The van der Waals surface area contributed by atoms with Crippen LogP contribution in [0, 0.1) is 5.41 Å². The van der Waals surface area contributed by atoms with Gasteiger partial charge < -0.3 is 10.1 Å². The lowest BCUT2D eigenvalue weighted by Gasteiger charge is -2.52. The molecule has 1 heterocycles. The van der Waals surface area contributed by atoms with E-state index in [4.69, 9.17) is 9.72 Å². The topological polar surface area (TPSA) is 68.3 Å². The lowest BCUT2D eigenvalue weighted by Crippen LogP contribution is -2.58. The summed E-state index contributed by atoms with van der Waals surface area (Å²) in [6.07, 6.45) is 6.37. The summed E-state index contributed by atoms with van der Waals surface area (Å²) in [5.74, 6) is -0.136. The van der Waals surface area contributed by atoms with Crippen molar-refractivity contribution in [2.45, 2.75) is 63.8 Å². The molecule has 35 heavy (non-hydrogen) atoms. The van der Waals surface area contributed by atoms with Crippen LogP contribution in [0.4, 0.5) is 0 Å². The summed E-state index contributed by atoms with van der Waals surface area (Å²) in [5.41, 5.74) is 3.78. The van der Waals surface area contributed by atoms with E-state index in [0.717, 1.165) is 89.1 Å². The van der Waals surface area contributed by atoms with Crippen molar-refractivity contribution in [2.24, 2.45) is 5.41 Å². The standard InChI is InChI=1S/C29H31BrN2O3/c1-3-7-21-24(26(33)32-29-15-12-28(13-16-29,14-17-29)27(34)35-2)22-18-20(30)10-11-23(22)31-25(21)19-8-5-4-6-9-19/h4-6,8-11,18H,3,7,12-17H2,1-2H3,(H,32,33). The number of carbonyl (C=O) groups is 2. The van der Waals surface area contributed by atoms with Gasteiger partial charge >= 0.3 is 5.97 Å². The van der Waals surface area contributed by atoms with E-state index in [1.165, 1.54) is 7.11 Å². The lowest BCUT2D eigenvalue weighted by atomic mass is 9.57. The maximum atomic E-state index is 14.1. The van der Waals surface area contributed by atoms with E-state index in [9.17, 15) is 9.59 Å². The zero-order chi connectivity index (χ0) is 24.6. The van der Waals surface area contributed by atoms with Crippen molar-refractivity contribution in [1.82, 2.24) is 10.3 Å². The summed E-state index contributed by atoms with van der Waals surface area (Å²) in [4.78, 5) is 31.6. The van der Waals surface area contributed by atoms with Gasteiger partial charge in [-0.25, -0.2) is 4.98 Å². The molecule has 2 bridgehead atoms. The third kappa shape index (κ3) is 4.26. The van der Waals surface area contributed by atoms with Crippen molar-refractivity contribution >= 4 is 38.7 Å². The molecular weight excluding hydrogens is 504 g/mol. The number of carbonyl (C=O) groups excluding carboxylic acids is 2. The number of rotatable bonds is 6. The van der Waals surface area contributed by atoms with Gasteiger partial charge in [-0.1, -0.05) is 59.6 Å². The van der Waals surface area contributed by atoms with E-state index < -0.39 is 0 Å². The molecule has 0 radical (unpaired) electrons. The molecule has 3 aliphatic carbocycles. The fraction of sp³-hybridized carbons (Fsp3) is 0.414. The molecule has 3 fully saturated rings. The Morgan fingerprint density at radius 3 is 2.34 bits per heavy atom. The quantitative estimate of drug-likeness (QED) is 0.361. The van der Waals surface area contributed by atoms with Crippen molar-refractivity contribution in [3.05, 3.63) is 64.1 Å². The highest BCUT2D eigenvalue weighted by Gasteiger charge is 2.53. The molecule has 6 rings (SSSR count). The van der Waals surface area contributed by atoms with E-state index in [0.29, 0.717) is 0 Å². The van der Waals surface area contributed by atoms with Gasteiger partial charge in [0.2, 0.25) is 0 Å². The Kier molecular flexibility index (Phi) is 6.43. The molecule has 0 atom stereocenters. The number of hydrogen-bond acceptors (Lipinski definition) is 4. The van der Waals surface area contributed by atoms with Crippen molar-refractivity contribution in [2.75, 3.05) is 7.11 Å². The Labute approximate surface area is 214 Å². The monoisotopic (exact) mass is 534 g/mol. The van der Waals surface area contributed by atoms with Crippen LogP contribution >= 0.6 is 15.9 Å². The highest BCUT2D eigenvalue weighted by Crippen LogP contribution is 2.53. The van der Waals surface area contributed by atoms with Gasteiger partial charge in [-0.15, -0.1) is 0 Å². The Hall–Kier alpha value is -2.73. The van der Waals surface area contributed by atoms with Crippen molar-refractivity contribution in [3.8, 4) is 11.3 Å². The first kappa shape index (κ1) is 24.0. The van der Waals surface area contributed by atoms with Crippen LogP contribution in [0.25, 0.3) is 22.2 Å². The minimum absolute atomic E-state index is 0.0383. The zero-order valence-electron chi connectivity index (χ0n) is 20.3. The molecule has 0 aliphatic heterocycles. The summed E-state index contributed by atoms with van der Waals surface area (Å²) in [6, 6.07) is 16.1. The first-order valence-electron chi connectivity index (χ1n) is 12.5. The molecule has 3 aromatic rings. The molecule has 0 saturated heterocycles. The predicted molar refractivity (Wildman–Crippen MR) is 141 cm³/mol. The van der Waals surface area contributed by atoms with Gasteiger partial charge in [-0.05, 0) is 68.7 Å². The van der Waals surface area contributed by atoms with Crippen molar-refractivity contribution in [3.63, 3.8) is 0 Å². The van der Waals surface area contributed by atoms with E-state index in [2.05, 4.69) is 40.3 Å². The molecule has 6 heteroatoms. The second-order valence-electron chi connectivity index (χ2n) is 10.1. The smallest absolute Gasteiger partial charge is 0.311 e. The van der Waals surface area contributed by atoms with Crippen LogP contribution in [0.5, 0.6) is 0 Å². The van der Waals surface area contributed by atoms with Gasteiger partial charge in [0.1, 0.15) is 0 Å². The number of ether oxygens (including phenoxy) is 1. The van der Waals surface area contributed by atoms with Crippen LogP contribution in [0.2, 0.25) is 0 Å². The van der Waals surface area contributed by atoms with Gasteiger partial charge in [0.25, 0.3) is 5.91 Å². The minimum Gasteiger partial charge on any atom is -0.469 e. The van der Waals surface area contributed by atoms with Crippen LogP contribution in [0.1, 0.15) is 67.8 Å².